The van der Waals surface area contributed by atoms with Crippen LogP contribution in [0, 0.1) is 26.7 Å². The summed E-state index contributed by atoms with van der Waals surface area (Å²) < 4.78 is 8.06. The minimum absolute atomic E-state index is 0.240. The van der Waals surface area contributed by atoms with Crippen molar-refractivity contribution in [1.29, 1.82) is 0 Å². The van der Waals surface area contributed by atoms with Crippen LogP contribution in [0.5, 0.6) is 5.75 Å². The quantitative estimate of drug-likeness (QED) is 0.288. The summed E-state index contributed by atoms with van der Waals surface area (Å²) in [6.07, 6.45) is 8.39. The molecule has 1 aromatic rings. The lowest BCUT2D eigenvalue weighted by atomic mass is 9.54. The smallest absolute Gasteiger partial charge is 0.250 e. The third-order valence-corrected chi connectivity index (χ3v) is 14.6. The zero-order valence-corrected chi connectivity index (χ0v) is 22.2. The van der Waals surface area contributed by atoms with E-state index in [1.54, 1.807) is 11.1 Å². The molecule has 0 saturated heterocycles. The van der Waals surface area contributed by atoms with Crippen molar-refractivity contribution in [2.45, 2.75) is 97.2 Å². The van der Waals surface area contributed by atoms with E-state index in [4.69, 9.17) is 4.43 Å². The van der Waals surface area contributed by atoms with Crippen LogP contribution in [0.3, 0.4) is 0 Å². The SMILES string of the molecule is CC1CCC2C3CCc4cc(O[Si](C)(C)C(C)(C)C)c(I)cc4C3CC[C@]12C. The molecular weight excluding hydrogens is 471 g/mol. The van der Waals surface area contributed by atoms with Crippen molar-refractivity contribution in [3.63, 3.8) is 0 Å². The minimum atomic E-state index is -1.80. The van der Waals surface area contributed by atoms with E-state index >= 15 is 0 Å². The lowest BCUT2D eigenvalue weighted by Crippen LogP contribution is -2.44. The van der Waals surface area contributed by atoms with Crippen molar-refractivity contribution in [2.24, 2.45) is 23.2 Å². The molecule has 0 bridgehead atoms. The van der Waals surface area contributed by atoms with E-state index in [2.05, 4.69) is 82.4 Å². The van der Waals surface area contributed by atoms with Crippen LogP contribution in [0.15, 0.2) is 12.1 Å². The fourth-order valence-corrected chi connectivity index (χ4v) is 8.17. The fraction of sp³-hybridized carbons (Fsp3) is 0.760. The van der Waals surface area contributed by atoms with Gasteiger partial charge in [0.2, 0.25) is 0 Å². The summed E-state index contributed by atoms with van der Waals surface area (Å²) in [7, 11) is -1.80. The third kappa shape index (κ3) is 3.31. The Bertz CT molecular complexity index is 765. The van der Waals surface area contributed by atoms with Gasteiger partial charge < -0.3 is 4.43 Å². The summed E-state index contributed by atoms with van der Waals surface area (Å²) in [6, 6.07) is 4.94. The van der Waals surface area contributed by atoms with Crippen LogP contribution in [0.4, 0.5) is 0 Å². The zero-order chi connectivity index (χ0) is 20.5. The van der Waals surface area contributed by atoms with Gasteiger partial charge in [-0.15, -0.1) is 0 Å². The van der Waals surface area contributed by atoms with Gasteiger partial charge in [0.15, 0.2) is 0 Å². The molecule has 3 heteroatoms. The van der Waals surface area contributed by atoms with Crippen molar-refractivity contribution in [3.05, 3.63) is 26.8 Å². The molecule has 3 aliphatic carbocycles. The van der Waals surface area contributed by atoms with Gasteiger partial charge in [-0.05, 0) is 132 Å². The maximum Gasteiger partial charge on any atom is 0.250 e. The van der Waals surface area contributed by atoms with E-state index in [9.17, 15) is 0 Å². The van der Waals surface area contributed by atoms with Crippen LogP contribution < -0.4 is 4.43 Å². The van der Waals surface area contributed by atoms with Crippen molar-refractivity contribution in [2.75, 3.05) is 0 Å². The molecule has 0 N–H and O–H groups in total. The van der Waals surface area contributed by atoms with Crippen molar-refractivity contribution in [3.8, 4) is 5.75 Å². The van der Waals surface area contributed by atoms with E-state index in [1.165, 1.54) is 42.1 Å². The first kappa shape index (κ1) is 21.2. The molecule has 0 amide bonds. The van der Waals surface area contributed by atoms with Gasteiger partial charge in [-0.3, -0.25) is 0 Å². The summed E-state index contributed by atoms with van der Waals surface area (Å²) in [5.41, 5.74) is 3.87. The van der Waals surface area contributed by atoms with E-state index < -0.39 is 8.32 Å². The number of hydrogen-bond donors (Lipinski definition) is 0. The normalized spacial score (nSPS) is 35.1. The van der Waals surface area contributed by atoms with Gasteiger partial charge in [0, 0.05) is 0 Å². The first-order valence-corrected chi connectivity index (χ1v) is 15.4. The second kappa shape index (κ2) is 7.00. The highest BCUT2D eigenvalue weighted by molar-refractivity contribution is 14.1. The standard InChI is InChI=1S/C25H39IOSi/c1-16-8-11-21-19-10-9-17-14-23(27-28(6,7)24(2,3)4)22(26)15-20(17)18(19)12-13-25(16,21)5/h14-16,18-19,21H,8-13H2,1-7H3/t16?,18?,19?,21?,25-/m1/s1. The van der Waals surface area contributed by atoms with Gasteiger partial charge in [0.05, 0.1) is 3.57 Å². The second-order valence-electron chi connectivity index (χ2n) is 11.8. The molecule has 4 rings (SSSR count). The number of fused-ring (bicyclic) bond motifs is 5. The first-order chi connectivity index (χ1) is 12.9. The average Bonchev–Trinajstić information content (AvgIpc) is 2.89. The predicted octanol–water partition coefficient (Wildman–Crippen LogP) is 8.17. The maximum absolute atomic E-state index is 6.73. The van der Waals surface area contributed by atoms with Gasteiger partial charge in [-0.1, -0.05) is 34.6 Å². The van der Waals surface area contributed by atoms with Gasteiger partial charge in [0.1, 0.15) is 5.75 Å². The fourth-order valence-electron chi connectivity index (χ4n) is 6.34. The highest BCUT2D eigenvalue weighted by Crippen LogP contribution is 2.63. The topological polar surface area (TPSA) is 9.23 Å². The summed E-state index contributed by atoms with van der Waals surface area (Å²) >= 11 is 2.53. The second-order valence-corrected chi connectivity index (χ2v) is 17.7. The van der Waals surface area contributed by atoms with Crippen molar-refractivity contribution < 1.29 is 4.43 Å². The molecule has 2 saturated carbocycles. The molecule has 1 nitrogen and oxygen atoms in total. The molecule has 0 aromatic heterocycles. The van der Waals surface area contributed by atoms with Crippen LogP contribution >= 0.6 is 22.6 Å². The highest BCUT2D eigenvalue weighted by Gasteiger charge is 2.53. The van der Waals surface area contributed by atoms with Crippen LogP contribution in [-0.4, -0.2) is 8.32 Å². The summed E-state index contributed by atoms with van der Waals surface area (Å²) in [5, 5.41) is 0.240. The average molecular weight is 511 g/mol. The largest absolute Gasteiger partial charge is 0.543 e. The number of hydrogen-bond acceptors (Lipinski definition) is 1. The van der Waals surface area contributed by atoms with Crippen LogP contribution in [0.2, 0.25) is 18.1 Å². The van der Waals surface area contributed by atoms with Gasteiger partial charge >= 0.3 is 0 Å². The van der Waals surface area contributed by atoms with Crippen molar-refractivity contribution >= 4 is 30.9 Å². The Morgan fingerprint density at radius 3 is 2.50 bits per heavy atom. The van der Waals surface area contributed by atoms with Crippen molar-refractivity contribution in [1.82, 2.24) is 0 Å². The third-order valence-electron chi connectivity index (χ3n) is 9.42. The van der Waals surface area contributed by atoms with Gasteiger partial charge in [-0.2, -0.15) is 0 Å². The number of benzene rings is 1. The summed E-state index contributed by atoms with van der Waals surface area (Å²) in [4.78, 5) is 0. The molecule has 0 aliphatic heterocycles. The molecule has 156 valence electrons. The molecule has 2 fully saturated rings. The molecule has 0 radical (unpaired) electrons. The summed E-state index contributed by atoms with van der Waals surface area (Å²) in [6.45, 7) is 16.8. The Hall–Kier alpha value is -0.0331. The Kier molecular flexibility index (Phi) is 5.30. The van der Waals surface area contributed by atoms with Gasteiger partial charge in [-0.25, -0.2) is 0 Å². The monoisotopic (exact) mass is 510 g/mol. The molecule has 4 unspecified atom stereocenters. The molecular formula is C25H39IOSi. The van der Waals surface area contributed by atoms with Gasteiger partial charge in [0.25, 0.3) is 8.32 Å². The zero-order valence-electron chi connectivity index (χ0n) is 19.0. The molecule has 0 heterocycles. The molecule has 1 aromatic carbocycles. The van der Waals surface area contributed by atoms with E-state index in [-0.39, 0.29) is 5.04 Å². The first-order valence-electron chi connectivity index (χ1n) is 11.5. The Morgan fingerprint density at radius 2 is 1.82 bits per heavy atom. The molecule has 0 spiro atoms. The van der Waals surface area contributed by atoms with E-state index in [0.29, 0.717) is 5.41 Å². The Morgan fingerprint density at radius 1 is 1.11 bits per heavy atom. The Balaban J connectivity index is 1.63. The highest BCUT2D eigenvalue weighted by atomic mass is 127. The lowest BCUT2D eigenvalue weighted by Gasteiger charge is -2.50. The minimum Gasteiger partial charge on any atom is -0.543 e. The maximum atomic E-state index is 6.73. The number of aryl methyl sites for hydroxylation is 1. The summed E-state index contributed by atoms with van der Waals surface area (Å²) in [5.74, 6) is 4.73. The van der Waals surface area contributed by atoms with E-state index in [1.807, 2.05) is 0 Å². The predicted molar refractivity (Wildman–Crippen MR) is 131 cm³/mol. The molecule has 28 heavy (non-hydrogen) atoms. The number of rotatable bonds is 2. The number of halogens is 1. The van der Waals surface area contributed by atoms with E-state index in [0.717, 1.165) is 29.4 Å². The Labute approximate surface area is 187 Å². The molecule has 3 aliphatic rings. The van der Waals surface area contributed by atoms with Crippen LogP contribution in [0.1, 0.15) is 83.8 Å². The van der Waals surface area contributed by atoms with Crippen LogP contribution in [0.25, 0.3) is 0 Å². The van der Waals surface area contributed by atoms with Crippen LogP contribution in [-0.2, 0) is 6.42 Å². The molecule has 5 atom stereocenters. The lowest BCUT2D eigenvalue weighted by molar-refractivity contribution is 0.0336.